The minimum atomic E-state index is -0.0521. The number of hydrogen-bond acceptors (Lipinski definition) is 1. The number of hydrogen-bond donors (Lipinski definition) is 0. The van der Waals surface area contributed by atoms with E-state index in [-0.39, 0.29) is 11.7 Å². The Bertz CT molecular complexity index is 939. The predicted octanol–water partition coefficient (Wildman–Crippen LogP) is 11.6. The van der Waals surface area contributed by atoms with Gasteiger partial charge in [-0.1, -0.05) is 119 Å². The van der Waals surface area contributed by atoms with Crippen LogP contribution in [-0.4, -0.2) is 4.98 Å². The fourth-order valence-electron chi connectivity index (χ4n) is 4.21. The zero-order valence-electron chi connectivity index (χ0n) is 26.5. The lowest BCUT2D eigenvalue weighted by molar-refractivity contribution is 0.591. The lowest BCUT2D eigenvalue weighted by Crippen LogP contribution is -2.00. The SMILES string of the molecule is CC(C)c1ccc(C(C)C)cc1.CC(C)c1ccc(C(C)C)nc1.Cc1cc(C(C)C)cc(F)c1C(C)C. The molecule has 3 rings (SSSR count). The van der Waals surface area contributed by atoms with Gasteiger partial charge in [-0.05, 0) is 87.9 Å². The van der Waals surface area contributed by atoms with Crippen molar-refractivity contribution in [1.29, 1.82) is 0 Å². The van der Waals surface area contributed by atoms with Crippen LogP contribution >= 0.6 is 0 Å². The van der Waals surface area contributed by atoms with Gasteiger partial charge < -0.3 is 0 Å². The Balaban J connectivity index is 0.000000286. The topological polar surface area (TPSA) is 12.9 Å². The van der Waals surface area contributed by atoms with Gasteiger partial charge in [0.05, 0.1) is 0 Å². The molecule has 0 amide bonds. The molecule has 1 heterocycles. The van der Waals surface area contributed by atoms with E-state index in [4.69, 9.17) is 0 Å². The fraction of sp³-hybridized carbons (Fsp3) is 0.528. The molecule has 0 bridgehead atoms. The Labute approximate surface area is 234 Å². The second kappa shape index (κ2) is 15.8. The first-order valence-electron chi connectivity index (χ1n) is 14.5. The van der Waals surface area contributed by atoms with Crippen LogP contribution in [0.5, 0.6) is 0 Å². The summed E-state index contributed by atoms with van der Waals surface area (Å²) < 4.78 is 13.7. The maximum atomic E-state index is 13.7. The molecule has 3 aromatic rings. The standard InChI is InChI=1S/C13H19F.C12H18.C11H17N/c1-8(2)11-6-10(5)13(9(3)4)12(14)7-11;1-9(2)11-5-7-12(8-6-11)10(3)4;1-8(2)10-5-6-11(9(3)4)12-7-10/h6-9H,1-5H3;5-10H,1-4H3;5-9H,1-4H3. The number of benzene rings is 2. The van der Waals surface area contributed by atoms with E-state index in [9.17, 15) is 4.39 Å². The van der Waals surface area contributed by atoms with E-state index in [1.54, 1.807) is 6.07 Å². The van der Waals surface area contributed by atoms with Gasteiger partial charge in [-0.3, -0.25) is 4.98 Å². The maximum absolute atomic E-state index is 13.7. The summed E-state index contributed by atoms with van der Waals surface area (Å²) in [5.74, 6) is 3.01. The average molecular weight is 520 g/mol. The van der Waals surface area contributed by atoms with Gasteiger partial charge >= 0.3 is 0 Å². The second-order valence-electron chi connectivity index (χ2n) is 12.3. The summed E-state index contributed by atoms with van der Waals surface area (Å²) in [7, 11) is 0. The third-order valence-corrected chi connectivity index (χ3v) is 6.94. The molecule has 2 aromatic carbocycles. The largest absolute Gasteiger partial charge is 0.261 e. The lowest BCUT2D eigenvalue weighted by Gasteiger charge is -2.14. The predicted molar refractivity (Wildman–Crippen MR) is 166 cm³/mol. The molecule has 0 aliphatic heterocycles. The van der Waals surface area contributed by atoms with Crippen LogP contribution in [0.25, 0.3) is 0 Å². The van der Waals surface area contributed by atoms with Crippen molar-refractivity contribution in [1.82, 2.24) is 4.98 Å². The van der Waals surface area contributed by atoms with E-state index in [0.717, 1.165) is 16.7 Å². The highest BCUT2D eigenvalue weighted by Gasteiger charge is 2.12. The molecule has 0 radical (unpaired) electrons. The smallest absolute Gasteiger partial charge is 0.127 e. The molecule has 210 valence electrons. The van der Waals surface area contributed by atoms with Crippen LogP contribution in [0.3, 0.4) is 0 Å². The highest BCUT2D eigenvalue weighted by atomic mass is 19.1. The van der Waals surface area contributed by atoms with Crippen molar-refractivity contribution in [2.24, 2.45) is 0 Å². The summed E-state index contributed by atoms with van der Waals surface area (Å²) in [5, 5.41) is 0. The van der Waals surface area contributed by atoms with Gasteiger partial charge in [-0.25, -0.2) is 4.39 Å². The van der Waals surface area contributed by atoms with Crippen molar-refractivity contribution in [3.8, 4) is 0 Å². The molecular formula is C36H54FN. The Morgan fingerprint density at radius 3 is 1.21 bits per heavy atom. The van der Waals surface area contributed by atoms with Crippen LogP contribution in [-0.2, 0) is 0 Å². The first kappa shape index (κ1) is 33.5. The van der Waals surface area contributed by atoms with Gasteiger partial charge in [0.15, 0.2) is 0 Å². The van der Waals surface area contributed by atoms with Crippen molar-refractivity contribution >= 4 is 0 Å². The molecule has 2 heteroatoms. The molecule has 1 nitrogen and oxygen atoms in total. The van der Waals surface area contributed by atoms with E-state index in [0.29, 0.717) is 29.6 Å². The van der Waals surface area contributed by atoms with Gasteiger partial charge in [-0.2, -0.15) is 0 Å². The Morgan fingerprint density at radius 1 is 0.500 bits per heavy atom. The zero-order chi connectivity index (χ0) is 29.2. The monoisotopic (exact) mass is 519 g/mol. The summed E-state index contributed by atoms with van der Waals surface area (Å²) in [6.45, 7) is 27.8. The first-order valence-corrected chi connectivity index (χ1v) is 14.5. The number of halogens is 1. The van der Waals surface area contributed by atoms with Crippen molar-refractivity contribution in [3.05, 3.63) is 99.6 Å². The number of rotatable bonds is 6. The highest BCUT2D eigenvalue weighted by Crippen LogP contribution is 2.27. The molecule has 0 saturated heterocycles. The molecule has 0 atom stereocenters. The third-order valence-electron chi connectivity index (χ3n) is 6.94. The quantitative estimate of drug-likeness (QED) is 0.315. The van der Waals surface area contributed by atoms with Crippen molar-refractivity contribution in [3.63, 3.8) is 0 Å². The van der Waals surface area contributed by atoms with E-state index in [2.05, 4.69) is 117 Å². The Hall–Kier alpha value is -2.48. The maximum Gasteiger partial charge on any atom is 0.127 e. The summed E-state index contributed by atoms with van der Waals surface area (Å²) in [6.07, 6.45) is 1.99. The molecule has 0 aliphatic carbocycles. The van der Waals surface area contributed by atoms with Gasteiger partial charge in [0, 0.05) is 11.9 Å². The van der Waals surface area contributed by atoms with E-state index >= 15 is 0 Å². The molecular weight excluding hydrogens is 465 g/mol. The minimum absolute atomic E-state index is 0.0521. The second-order valence-corrected chi connectivity index (χ2v) is 12.3. The first-order chi connectivity index (χ1) is 17.6. The highest BCUT2D eigenvalue weighted by molar-refractivity contribution is 5.35. The summed E-state index contributed by atoms with van der Waals surface area (Å²) >= 11 is 0. The number of aromatic nitrogens is 1. The number of aryl methyl sites for hydroxylation is 1. The van der Waals surface area contributed by atoms with Crippen LogP contribution < -0.4 is 0 Å². The van der Waals surface area contributed by atoms with Gasteiger partial charge in [0.2, 0.25) is 0 Å². The molecule has 38 heavy (non-hydrogen) atoms. The summed E-state index contributed by atoms with van der Waals surface area (Å²) in [6, 6.07) is 17.0. The minimum Gasteiger partial charge on any atom is -0.261 e. The van der Waals surface area contributed by atoms with Gasteiger partial charge in [-0.15, -0.1) is 0 Å². The molecule has 1 aromatic heterocycles. The van der Waals surface area contributed by atoms with E-state index < -0.39 is 0 Å². The van der Waals surface area contributed by atoms with E-state index in [1.165, 1.54) is 22.4 Å². The molecule has 0 fully saturated rings. The van der Waals surface area contributed by atoms with Crippen LogP contribution in [0.2, 0.25) is 0 Å². The Kier molecular flexibility index (Phi) is 14.0. The molecule has 0 aliphatic rings. The van der Waals surface area contributed by atoms with Crippen LogP contribution in [0.1, 0.15) is 158 Å². The van der Waals surface area contributed by atoms with Gasteiger partial charge in [0.25, 0.3) is 0 Å². The molecule has 0 unspecified atom stereocenters. The molecule has 0 saturated carbocycles. The number of nitrogens with zero attached hydrogens (tertiary/aromatic N) is 1. The van der Waals surface area contributed by atoms with Crippen molar-refractivity contribution in [2.75, 3.05) is 0 Å². The summed E-state index contributed by atoms with van der Waals surface area (Å²) in [4.78, 5) is 4.40. The normalized spacial score (nSPS) is 11.3. The summed E-state index contributed by atoms with van der Waals surface area (Å²) in [5.41, 5.74) is 8.38. The fourth-order valence-corrected chi connectivity index (χ4v) is 4.21. The average Bonchev–Trinajstić information content (AvgIpc) is 2.84. The lowest BCUT2D eigenvalue weighted by atomic mass is 9.92. The number of pyridine rings is 1. The van der Waals surface area contributed by atoms with Gasteiger partial charge in [0.1, 0.15) is 5.82 Å². The Morgan fingerprint density at radius 2 is 0.921 bits per heavy atom. The van der Waals surface area contributed by atoms with Crippen molar-refractivity contribution < 1.29 is 4.39 Å². The zero-order valence-corrected chi connectivity index (χ0v) is 26.5. The van der Waals surface area contributed by atoms with Crippen LogP contribution in [0.15, 0.2) is 54.7 Å². The van der Waals surface area contributed by atoms with Crippen molar-refractivity contribution in [2.45, 2.75) is 126 Å². The van der Waals surface area contributed by atoms with Crippen LogP contribution in [0.4, 0.5) is 4.39 Å². The molecule has 0 spiro atoms. The molecule has 0 N–H and O–H groups in total. The third kappa shape index (κ3) is 10.7. The van der Waals surface area contributed by atoms with Crippen LogP contribution in [0, 0.1) is 12.7 Å². The van der Waals surface area contributed by atoms with E-state index in [1.807, 2.05) is 27.0 Å².